The molecule has 0 aliphatic carbocycles. The number of methoxy groups -OCH3 is 1. The number of carboxylic acids is 1. The molecule has 1 atom stereocenters. The van der Waals surface area contributed by atoms with Crippen LogP contribution in [-0.2, 0) is 9.53 Å². The van der Waals surface area contributed by atoms with Crippen molar-refractivity contribution < 1.29 is 33.0 Å². The topological polar surface area (TPSA) is 76.1 Å². The van der Waals surface area contributed by atoms with E-state index in [1.54, 1.807) is 13.8 Å². The average molecular weight is 371 g/mol. The molecule has 0 bridgehead atoms. The minimum Gasteiger partial charge on any atom is -0.481 e. The van der Waals surface area contributed by atoms with Crippen molar-refractivity contribution in [1.82, 2.24) is 4.90 Å². The van der Waals surface area contributed by atoms with Gasteiger partial charge in [0.1, 0.15) is 11.2 Å². The first-order chi connectivity index (χ1) is 12.2. The lowest BCUT2D eigenvalue weighted by atomic mass is 9.80. The van der Waals surface area contributed by atoms with Gasteiger partial charge in [0, 0.05) is 25.8 Å². The zero-order valence-corrected chi connectivity index (χ0v) is 15.1. The summed E-state index contributed by atoms with van der Waals surface area (Å²) in [7, 11) is 1.43. The number of ether oxygens (including phenoxy) is 2. The number of halogens is 2. The Morgan fingerprint density at radius 3 is 2.42 bits per heavy atom. The fourth-order valence-corrected chi connectivity index (χ4v) is 3.47. The first kappa shape index (κ1) is 20.1. The molecule has 1 heterocycles. The Labute approximate surface area is 150 Å². The molecule has 144 valence electrons. The predicted molar refractivity (Wildman–Crippen MR) is 89.6 cm³/mol. The minimum atomic E-state index is -2.94. The van der Waals surface area contributed by atoms with Crippen LogP contribution in [0.3, 0.4) is 0 Å². The maximum atomic E-state index is 12.9. The fourth-order valence-electron chi connectivity index (χ4n) is 3.47. The Bertz CT molecular complexity index is 667. The van der Waals surface area contributed by atoms with Gasteiger partial charge in [-0.25, -0.2) is 0 Å². The second-order valence-electron chi connectivity index (χ2n) is 6.67. The number of piperidine rings is 1. The largest absolute Gasteiger partial charge is 0.481 e. The zero-order chi connectivity index (χ0) is 19.5. The maximum Gasteiger partial charge on any atom is 0.387 e. The van der Waals surface area contributed by atoms with E-state index < -0.39 is 18.0 Å². The molecular weight excluding hydrogens is 348 g/mol. The smallest absolute Gasteiger partial charge is 0.387 e. The van der Waals surface area contributed by atoms with Crippen LogP contribution >= 0.6 is 0 Å². The van der Waals surface area contributed by atoms with E-state index in [0.29, 0.717) is 36.1 Å². The molecule has 0 radical (unpaired) electrons. The van der Waals surface area contributed by atoms with Crippen molar-refractivity contribution >= 4 is 11.9 Å². The Balaban J connectivity index is 2.27. The van der Waals surface area contributed by atoms with Gasteiger partial charge in [0.25, 0.3) is 5.91 Å². The third kappa shape index (κ3) is 4.12. The van der Waals surface area contributed by atoms with Gasteiger partial charge in [0.05, 0.1) is 6.61 Å². The minimum absolute atomic E-state index is 0.0192. The number of likely N-dealkylation sites (tertiary alicyclic amines) is 1. The number of benzene rings is 1. The number of amides is 1. The lowest BCUT2D eigenvalue weighted by Crippen LogP contribution is -2.52. The third-order valence-electron chi connectivity index (χ3n) is 4.65. The molecule has 0 saturated carbocycles. The first-order valence-corrected chi connectivity index (χ1v) is 8.28. The van der Waals surface area contributed by atoms with Crippen LogP contribution in [0, 0.1) is 19.3 Å². The van der Waals surface area contributed by atoms with Gasteiger partial charge < -0.3 is 19.5 Å². The summed E-state index contributed by atoms with van der Waals surface area (Å²) in [5.41, 5.74) is 0.0326. The van der Waals surface area contributed by atoms with Gasteiger partial charge in [-0.2, -0.15) is 8.78 Å². The molecule has 1 saturated heterocycles. The summed E-state index contributed by atoms with van der Waals surface area (Å²) in [5.74, 6) is -1.28. The molecule has 1 N–H and O–H groups in total. The third-order valence-corrected chi connectivity index (χ3v) is 4.65. The molecule has 1 aromatic rings. The van der Waals surface area contributed by atoms with Crippen LogP contribution < -0.4 is 4.74 Å². The van der Waals surface area contributed by atoms with Crippen LogP contribution in [0.2, 0.25) is 0 Å². The molecule has 26 heavy (non-hydrogen) atoms. The van der Waals surface area contributed by atoms with Gasteiger partial charge in [-0.3, -0.25) is 9.59 Å². The number of carbonyl (C=O) groups excluding carboxylic acids is 1. The predicted octanol–water partition coefficient (Wildman–Crippen LogP) is 2.86. The molecule has 2 rings (SSSR count). The SMILES string of the molecule is COCC1(C(=O)O)CCCN(C(=O)c2cc(C)c(OC(F)F)c(C)c2)C1. The van der Waals surface area contributed by atoms with E-state index in [0.717, 1.165) is 0 Å². The second-order valence-corrected chi connectivity index (χ2v) is 6.67. The lowest BCUT2D eigenvalue weighted by Gasteiger charge is -2.39. The van der Waals surface area contributed by atoms with Gasteiger partial charge in [0.15, 0.2) is 0 Å². The van der Waals surface area contributed by atoms with Crippen LogP contribution in [0.1, 0.15) is 34.3 Å². The molecule has 1 aliphatic heterocycles. The van der Waals surface area contributed by atoms with E-state index in [9.17, 15) is 23.5 Å². The number of carbonyl (C=O) groups is 2. The highest BCUT2D eigenvalue weighted by Crippen LogP contribution is 2.33. The van der Waals surface area contributed by atoms with E-state index in [4.69, 9.17) is 4.74 Å². The van der Waals surface area contributed by atoms with Crippen molar-refractivity contribution in [3.63, 3.8) is 0 Å². The lowest BCUT2D eigenvalue weighted by molar-refractivity contribution is -0.155. The van der Waals surface area contributed by atoms with Gasteiger partial charge >= 0.3 is 12.6 Å². The van der Waals surface area contributed by atoms with Crippen molar-refractivity contribution in [3.8, 4) is 5.75 Å². The summed E-state index contributed by atoms with van der Waals surface area (Å²) < 4.78 is 34.6. The van der Waals surface area contributed by atoms with Crippen LogP contribution in [0.25, 0.3) is 0 Å². The van der Waals surface area contributed by atoms with E-state index in [-0.39, 0.29) is 24.8 Å². The molecular formula is C18H23F2NO5. The van der Waals surface area contributed by atoms with Crippen LogP contribution in [0.5, 0.6) is 5.75 Å². The molecule has 6 nitrogen and oxygen atoms in total. The normalized spacial score (nSPS) is 20.3. The number of rotatable bonds is 6. The van der Waals surface area contributed by atoms with Crippen molar-refractivity contribution in [2.24, 2.45) is 5.41 Å². The van der Waals surface area contributed by atoms with Crippen LogP contribution in [0.15, 0.2) is 12.1 Å². The van der Waals surface area contributed by atoms with Crippen LogP contribution in [0.4, 0.5) is 8.78 Å². The first-order valence-electron chi connectivity index (χ1n) is 8.28. The van der Waals surface area contributed by atoms with E-state index in [2.05, 4.69) is 4.74 Å². The molecule has 1 fully saturated rings. The number of hydrogen-bond donors (Lipinski definition) is 1. The van der Waals surface area contributed by atoms with Crippen LogP contribution in [-0.4, -0.2) is 55.3 Å². The average Bonchev–Trinajstić information content (AvgIpc) is 2.57. The summed E-state index contributed by atoms with van der Waals surface area (Å²) in [4.78, 5) is 26.1. The molecule has 1 amide bonds. The molecule has 0 aromatic heterocycles. The quantitative estimate of drug-likeness (QED) is 0.832. The molecule has 0 spiro atoms. The summed E-state index contributed by atoms with van der Waals surface area (Å²) >= 11 is 0. The standard InChI is InChI=1S/C18H23F2NO5/c1-11-7-13(8-12(2)14(11)26-17(19)20)15(22)21-6-4-5-18(9-21,10-25-3)16(23)24/h7-8,17H,4-6,9-10H2,1-3H3,(H,23,24). The Morgan fingerprint density at radius 2 is 1.92 bits per heavy atom. The second kappa shape index (κ2) is 7.99. The number of carboxylic acid groups (broad SMARTS) is 1. The van der Waals surface area contributed by atoms with Crippen molar-refractivity contribution in [1.29, 1.82) is 0 Å². The summed E-state index contributed by atoms with van der Waals surface area (Å²) in [6, 6.07) is 2.97. The molecule has 8 heteroatoms. The molecule has 1 unspecified atom stereocenters. The Morgan fingerprint density at radius 1 is 1.31 bits per heavy atom. The number of aliphatic carboxylic acids is 1. The highest BCUT2D eigenvalue weighted by atomic mass is 19.3. The van der Waals surface area contributed by atoms with Gasteiger partial charge in [0.2, 0.25) is 0 Å². The summed E-state index contributed by atoms with van der Waals surface area (Å²) in [6.45, 7) is 0.730. The summed E-state index contributed by atoms with van der Waals surface area (Å²) in [6.07, 6.45) is 0.977. The Hall–Kier alpha value is -2.22. The van der Waals surface area contributed by atoms with Crippen molar-refractivity contribution in [3.05, 3.63) is 28.8 Å². The monoisotopic (exact) mass is 371 g/mol. The maximum absolute atomic E-state index is 12.9. The van der Waals surface area contributed by atoms with Gasteiger partial charge in [-0.1, -0.05) is 0 Å². The van der Waals surface area contributed by atoms with Gasteiger partial charge in [-0.05, 0) is 49.9 Å². The van der Waals surface area contributed by atoms with E-state index in [1.807, 2.05) is 0 Å². The summed E-state index contributed by atoms with van der Waals surface area (Å²) in [5, 5.41) is 9.59. The highest BCUT2D eigenvalue weighted by Gasteiger charge is 2.44. The molecule has 1 aliphatic rings. The number of alkyl halides is 2. The number of hydrogen-bond acceptors (Lipinski definition) is 4. The van der Waals surface area contributed by atoms with E-state index in [1.165, 1.54) is 24.1 Å². The van der Waals surface area contributed by atoms with Crippen molar-refractivity contribution in [2.45, 2.75) is 33.3 Å². The zero-order valence-electron chi connectivity index (χ0n) is 15.1. The number of aryl methyl sites for hydroxylation is 2. The Kier molecular flexibility index (Phi) is 6.17. The highest BCUT2D eigenvalue weighted by molar-refractivity contribution is 5.95. The fraction of sp³-hybridized carbons (Fsp3) is 0.556. The molecule has 1 aromatic carbocycles. The van der Waals surface area contributed by atoms with E-state index >= 15 is 0 Å². The van der Waals surface area contributed by atoms with Gasteiger partial charge in [-0.15, -0.1) is 0 Å². The van der Waals surface area contributed by atoms with Crippen molar-refractivity contribution in [2.75, 3.05) is 26.8 Å². The number of nitrogens with zero attached hydrogens (tertiary/aromatic N) is 1.